The number of aliphatic imine (C=N–C) groups is 2. The molecule has 20 heavy (non-hydrogen) atoms. The maximum absolute atomic E-state index is 4.64. The maximum Gasteiger partial charge on any atom is 0.0916 e. The summed E-state index contributed by atoms with van der Waals surface area (Å²) in [5, 5.41) is 0. The first kappa shape index (κ1) is 14.6. The highest BCUT2D eigenvalue weighted by molar-refractivity contribution is 6.12. The lowest BCUT2D eigenvalue weighted by atomic mass is 9.99. The smallest absolute Gasteiger partial charge is 0.0916 e. The fraction of sp³-hybridized carbons (Fsp3) is 0.471. The lowest BCUT2D eigenvalue weighted by Crippen LogP contribution is -1.94. The van der Waals surface area contributed by atoms with E-state index in [0.29, 0.717) is 5.92 Å². The van der Waals surface area contributed by atoms with Crippen LogP contribution >= 0.6 is 0 Å². The molecular formula is C17H23N3. The highest BCUT2D eigenvalue weighted by atomic mass is 14.8. The quantitative estimate of drug-likeness (QED) is 0.747. The van der Waals surface area contributed by atoms with Crippen LogP contribution in [0.5, 0.6) is 0 Å². The molecule has 1 atom stereocenters. The summed E-state index contributed by atoms with van der Waals surface area (Å²) in [5.41, 5.74) is 4.26. The molecule has 0 amide bonds. The normalized spacial score (nSPS) is 19.1. The Morgan fingerprint density at radius 1 is 1.45 bits per heavy atom. The number of allylic oxidation sites excluding steroid dienone is 2. The van der Waals surface area contributed by atoms with E-state index in [9.17, 15) is 0 Å². The molecule has 2 heterocycles. The van der Waals surface area contributed by atoms with Gasteiger partial charge in [-0.1, -0.05) is 26.3 Å². The van der Waals surface area contributed by atoms with Gasteiger partial charge >= 0.3 is 0 Å². The number of nitrogens with zero attached hydrogens (tertiary/aromatic N) is 3. The minimum absolute atomic E-state index is 0.549. The Hall–Kier alpha value is -1.77. The molecule has 106 valence electrons. The maximum atomic E-state index is 4.64. The zero-order valence-corrected chi connectivity index (χ0v) is 12.6. The number of rotatable bonds is 4. The average Bonchev–Trinajstić information content (AvgIpc) is 2.65. The van der Waals surface area contributed by atoms with Gasteiger partial charge in [0.15, 0.2) is 0 Å². The molecule has 1 aromatic rings. The third-order valence-electron chi connectivity index (χ3n) is 3.46. The van der Waals surface area contributed by atoms with Gasteiger partial charge in [-0.25, -0.2) is 0 Å². The van der Waals surface area contributed by atoms with Crippen LogP contribution in [-0.4, -0.2) is 24.0 Å². The molecule has 3 heteroatoms. The number of aromatic nitrogens is 1. The standard InChI is InChI=1S/C17H23N3/c1-4-5-8-20-17-14(3)19-10-7-16(17)15-11-13(2)6-9-18-12-15/h7-8,10-13H,4-6,9H2,1-3H3/b20-8-. The molecule has 1 aliphatic heterocycles. The van der Waals surface area contributed by atoms with E-state index in [4.69, 9.17) is 0 Å². The Morgan fingerprint density at radius 2 is 2.30 bits per heavy atom. The summed E-state index contributed by atoms with van der Waals surface area (Å²) in [7, 11) is 0. The summed E-state index contributed by atoms with van der Waals surface area (Å²) in [6.07, 6.45) is 11.3. The van der Waals surface area contributed by atoms with Crippen LogP contribution in [0.25, 0.3) is 5.57 Å². The van der Waals surface area contributed by atoms with Gasteiger partial charge in [0.05, 0.1) is 11.4 Å². The van der Waals surface area contributed by atoms with Crippen LogP contribution in [0.3, 0.4) is 0 Å². The fourth-order valence-electron chi connectivity index (χ4n) is 2.27. The Labute approximate surface area is 121 Å². The largest absolute Gasteiger partial charge is 0.293 e. The summed E-state index contributed by atoms with van der Waals surface area (Å²) >= 11 is 0. The van der Waals surface area contributed by atoms with E-state index >= 15 is 0 Å². The zero-order chi connectivity index (χ0) is 14.4. The summed E-state index contributed by atoms with van der Waals surface area (Å²) in [4.78, 5) is 13.5. The molecule has 3 nitrogen and oxygen atoms in total. The molecule has 1 aliphatic rings. The second-order valence-corrected chi connectivity index (χ2v) is 5.32. The van der Waals surface area contributed by atoms with Gasteiger partial charge in [0.2, 0.25) is 0 Å². The van der Waals surface area contributed by atoms with Gasteiger partial charge in [0, 0.05) is 30.7 Å². The van der Waals surface area contributed by atoms with Crippen LogP contribution in [0.1, 0.15) is 44.4 Å². The summed E-state index contributed by atoms with van der Waals surface area (Å²) in [5.74, 6) is 0.549. The summed E-state index contributed by atoms with van der Waals surface area (Å²) in [6, 6.07) is 2.04. The third kappa shape index (κ3) is 3.62. The van der Waals surface area contributed by atoms with E-state index in [-0.39, 0.29) is 0 Å². The first-order valence-electron chi connectivity index (χ1n) is 7.42. The summed E-state index contributed by atoms with van der Waals surface area (Å²) < 4.78 is 0. The topological polar surface area (TPSA) is 37.6 Å². The van der Waals surface area contributed by atoms with E-state index in [1.165, 1.54) is 5.57 Å². The van der Waals surface area contributed by atoms with Crippen LogP contribution in [-0.2, 0) is 0 Å². The van der Waals surface area contributed by atoms with E-state index in [1.807, 2.05) is 31.6 Å². The van der Waals surface area contributed by atoms with Gasteiger partial charge in [-0.2, -0.15) is 0 Å². The molecule has 0 bridgehead atoms. The van der Waals surface area contributed by atoms with Gasteiger partial charge in [-0.3, -0.25) is 15.0 Å². The second-order valence-electron chi connectivity index (χ2n) is 5.32. The van der Waals surface area contributed by atoms with E-state index in [0.717, 1.165) is 42.8 Å². The van der Waals surface area contributed by atoms with Crippen molar-refractivity contribution in [2.45, 2.75) is 40.0 Å². The van der Waals surface area contributed by atoms with Gasteiger partial charge in [-0.05, 0) is 37.3 Å². The number of pyridine rings is 1. The number of unbranched alkanes of at least 4 members (excludes halogenated alkanes) is 1. The van der Waals surface area contributed by atoms with Crippen LogP contribution in [0, 0.1) is 12.8 Å². The van der Waals surface area contributed by atoms with Crippen LogP contribution in [0.15, 0.2) is 28.3 Å². The molecule has 0 saturated carbocycles. The number of hydrogen-bond donors (Lipinski definition) is 0. The van der Waals surface area contributed by atoms with Crippen molar-refractivity contribution in [1.82, 2.24) is 4.98 Å². The van der Waals surface area contributed by atoms with Crippen LogP contribution in [0.4, 0.5) is 5.69 Å². The lowest BCUT2D eigenvalue weighted by Gasteiger charge is -2.09. The minimum Gasteiger partial charge on any atom is -0.293 e. The Morgan fingerprint density at radius 3 is 3.10 bits per heavy atom. The molecule has 1 unspecified atom stereocenters. The predicted molar refractivity (Wildman–Crippen MR) is 87.2 cm³/mol. The molecule has 2 rings (SSSR count). The number of aryl methyl sites for hydroxylation is 1. The number of hydrogen-bond acceptors (Lipinski definition) is 3. The molecule has 0 aromatic carbocycles. The lowest BCUT2D eigenvalue weighted by molar-refractivity contribution is 0.666. The third-order valence-corrected chi connectivity index (χ3v) is 3.46. The van der Waals surface area contributed by atoms with E-state index in [1.54, 1.807) is 0 Å². The van der Waals surface area contributed by atoms with Crippen LogP contribution in [0.2, 0.25) is 0 Å². The highest BCUT2D eigenvalue weighted by Gasteiger charge is 2.12. The van der Waals surface area contributed by atoms with Gasteiger partial charge in [-0.15, -0.1) is 0 Å². The van der Waals surface area contributed by atoms with Crippen LogP contribution < -0.4 is 0 Å². The monoisotopic (exact) mass is 269 g/mol. The van der Waals surface area contributed by atoms with Crippen molar-refractivity contribution in [2.24, 2.45) is 15.9 Å². The van der Waals surface area contributed by atoms with Crippen molar-refractivity contribution in [3.8, 4) is 0 Å². The van der Waals surface area contributed by atoms with E-state index < -0.39 is 0 Å². The first-order valence-corrected chi connectivity index (χ1v) is 7.42. The van der Waals surface area contributed by atoms with E-state index in [2.05, 4.69) is 34.9 Å². The van der Waals surface area contributed by atoms with Gasteiger partial charge < -0.3 is 0 Å². The Balaban J connectivity index is 2.42. The van der Waals surface area contributed by atoms with Gasteiger partial charge in [0.1, 0.15) is 0 Å². The average molecular weight is 269 g/mol. The second kappa shape index (κ2) is 7.13. The van der Waals surface area contributed by atoms with Crippen molar-refractivity contribution in [3.63, 3.8) is 0 Å². The molecule has 0 fully saturated rings. The molecule has 0 saturated heterocycles. The summed E-state index contributed by atoms with van der Waals surface area (Å²) in [6.45, 7) is 7.31. The van der Waals surface area contributed by atoms with Crippen molar-refractivity contribution in [3.05, 3.63) is 29.6 Å². The van der Waals surface area contributed by atoms with Gasteiger partial charge in [0.25, 0.3) is 0 Å². The minimum atomic E-state index is 0.549. The Kier molecular flexibility index (Phi) is 5.22. The SMILES string of the molecule is CCC/C=N\c1c(C2=CC(C)CCN=C2)ccnc1C. The first-order chi connectivity index (χ1) is 9.72. The van der Waals surface area contributed by atoms with Crippen molar-refractivity contribution in [2.75, 3.05) is 6.54 Å². The van der Waals surface area contributed by atoms with Crippen molar-refractivity contribution in [1.29, 1.82) is 0 Å². The molecular weight excluding hydrogens is 246 g/mol. The molecule has 0 aliphatic carbocycles. The fourth-order valence-corrected chi connectivity index (χ4v) is 2.27. The molecule has 0 N–H and O–H groups in total. The zero-order valence-electron chi connectivity index (χ0n) is 12.6. The molecule has 1 aromatic heterocycles. The van der Waals surface area contributed by atoms with Crippen molar-refractivity contribution >= 4 is 23.7 Å². The molecule has 0 radical (unpaired) electrons. The Bertz CT molecular complexity index is 541. The molecule has 0 spiro atoms. The highest BCUT2D eigenvalue weighted by Crippen LogP contribution is 2.29. The van der Waals surface area contributed by atoms with Crippen molar-refractivity contribution < 1.29 is 0 Å². The predicted octanol–water partition coefficient (Wildman–Crippen LogP) is 4.39.